The number of carbonyl (C=O) groups excluding carboxylic acids is 1. The van der Waals surface area contributed by atoms with Gasteiger partial charge in [0.2, 0.25) is 6.29 Å². The van der Waals surface area contributed by atoms with Gasteiger partial charge in [0.25, 0.3) is 0 Å². The Kier molecular flexibility index (Phi) is 3.70. The Morgan fingerprint density at radius 2 is 1.65 bits per heavy atom. The topological polar surface area (TPSA) is 35.5 Å². The van der Waals surface area contributed by atoms with Crippen LogP contribution in [0.3, 0.4) is 0 Å². The zero-order chi connectivity index (χ0) is 18.4. The van der Waals surface area contributed by atoms with Gasteiger partial charge in [-0.2, -0.15) is 0 Å². The molecule has 0 spiro atoms. The van der Waals surface area contributed by atoms with E-state index in [0.29, 0.717) is 0 Å². The predicted octanol–water partition coefficient (Wildman–Crippen LogP) is 5.04. The fourth-order valence-corrected chi connectivity index (χ4v) is 8.25. The lowest BCUT2D eigenvalue weighted by molar-refractivity contribution is -0.311. The molecule has 0 saturated heterocycles. The number of rotatable bonds is 5. The zero-order valence-electron chi connectivity index (χ0n) is 17.2. The first-order valence-corrected chi connectivity index (χ1v) is 11.1. The number of hydrogen-bond donors (Lipinski definition) is 0. The average Bonchev–Trinajstić information content (AvgIpc) is 2.59. The highest BCUT2D eigenvalue weighted by Crippen LogP contribution is 2.74. The van der Waals surface area contributed by atoms with Crippen LogP contribution >= 0.6 is 0 Å². The summed E-state index contributed by atoms with van der Waals surface area (Å²) in [6.07, 6.45) is 7.01. The maximum atomic E-state index is 12.5. The Balaban J connectivity index is 1.32. The molecular formula is C23H36O3. The SMILES string of the molecule is CCC(C)(C)C(=O)OC(C)OC12CC3C4CC5CC3C(C1)C(C5C)C4C2. The Morgan fingerprint density at radius 3 is 2.23 bits per heavy atom. The number of ether oxygens (including phenoxy) is 2. The standard InChI is InChI=1S/C23H36O3/c1-6-22(4,5)21(24)25-13(3)26-23-9-17-15-7-14-8-16(17)19(11-23)20(12(14)2)18(15)10-23/h12-20H,6-11H2,1-5H3. The minimum Gasteiger partial charge on any atom is -0.436 e. The maximum absolute atomic E-state index is 12.5. The minimum atomic E-state index is -0.424. The molecule has 146 valence electrons. The van der Waals surface area contributed by atoms with Gasteiger partial charge in [0, 0.05) is 0 Å². The van der Waals surface area contributed by atoms with Crippen molar-refractivity contribution in [1.29, 1.82) is 0 Å². The maximum Gasteiger partial charge on any atom is 0.313 e. The van der Waals surface area contributed by atoms with Crippen LogP contribution in [0.25, 0.3) is 0 Å². The molecule has 0 aromatic rings. The molecule has 0 radical (unpaired) electrons. The van der Waals surface area contributed by atoms with Gasteiger partial charge >= 0.3 is 5.97 Å². The lowest BCUT2D eigenvalue weighted by Gasteiger charge is -2.73. The Hall–Kier alpha value is -0.570. The van der Waals surface area contributed by atoms with Crippen LogP contribution in [0, 0.1) is 52.8 Å². The number of carbonyl (C=O) groups is 1. The summed E-state index contributed by atoms with van der Waals surface area (Å²) in [6, 6.07) is 0. The molecule has 7 rings (SSSR count). The van der Waals surface area contributed by atoms with E-state index in [-0.39, 0.29) is 11.6 Å². The molecule has 0 aliphatic heterocycles. The summed E-state index contributed by atoms with van der Waals surface area (Å²) in [5.41, 5.74) is -0.435. The fraction of sp³-hybridized carbons (Fsp3) is 0.957. The van der Waals surface area contributed by atoms with Gasteiger partial charge in [0.05, 0.1) is 11.0 Å². The van der Waals surface area contributed by atoms with Gasteiger partial charge < -0.3 is 9.47 Å². The molecule has 26 heavy (non-hydrogen) atoms. The highest BCUT2D eigenvalue weighted by Gasteiger charge is 2.69. The third kappa shape index (κ3) is 2.25. The van der Waals surface area contributed by atoms with Crippen molar-refractivity contribution in [3.05, 3.63) is 0 Å². The first-order valence-electron chi connectivity index (χ1n) is 11.1. The van der Waals surface area contributed by atoms with Crippen molar-refractivity contribution >= 4 is 5.97 Å². The van der Waals surface area contributed by atoms with Crippen LogP contribution in [-0.2, 0) is 14.3 Å². The number of esters is 1. The molecule has 3 heteroatoms. The summed E-state index contributed by atoms with van der Waals surface area (Å²) >= 11 is 0. The van der Waals surface area contributed by atoms with E-state index >= 15 is 0 Å². The Morgan fingerprint density at radius 1 is 1.08 bits per heavy atom. The normalized spacial score (nSPS) is 51.7. The molecule has 6 unspecified atom stereocenters. The lowest BCUT2D eigenvalue weighted by atomic mass is 9.33. The highest BCUT2D eigenvalue weighted by molar-refractivity contribution is 5.75. The smallest absolute Gasteiger partial charge is 0.313 e. The van der Waals surface area contributed by atoms with Gasteiger partial charge in [-0.1, -0.05) is 13.8 Å². The van der Waals surface area contributed by atoms with Crippen LogP contribution in [0.1, 0.15) is 73.1 Å². The molecule has 3 nitrogen and oxygen atoms in total. The molecule has 0 N–H and O–H groups in total. The molecule has 6 atom stereocenters. The van der Waals surface area contributed by atoms with Crippen molar-refractivity contribution in [1.82, 2.24) is 0 Å². The summed E-state index contributed by atoms with van der Waals surface area (Å²) in [6.45, 7) is 10.4. The Bertz CT molecular complexity index is 587. The second kappa shape index (κ2) is 5.49. The summed E-state index contributed by atoms with van der Waals surface area (Å²) in [5.74, 6) is 7.39. The second-order valence-corrected chi connectivity index (χ2v) is 11.1. The summed E-state index contributed by atoms with van der Waals surface area (Å²) in [7, 11) is 0. The quantitative estimate of drug-likeness (QED) is 0.509. The van der Waals surface area contributed by atoms with E-state index in [4.69, 9.17) is 9.47 Å². The van der Waals surface area contributed by atoms with Gasteiger partial charge in [-0.3, -0.25) is 4.79 Å². The largest absolute Gasteiger partial charge is 0.436 e. The fourth-order valence-electron chi connectivity index (χ4n) is 8.25. The van der Waals surface area contributed by atoms with Gasteiger partial charge in [-0.05, 0) is 107 Å². The first-order chi connectivity index (χ1) is 12.2. The van der Waals surface area contributed by atoms with Crippen molar-refractivity contribution in [3.8, 4) is 0 Å². The van der Waals surface area contributed by atoms with Crippen molar-refractivity contribution in [2.24, 2.45) is 52.8 Å². The molecular weight excluding hydrogens is 324 g/mol. The third-order valence-electron chi connectivity index (χ3n) is 9.64. The van der Waals surface area contributed by atoms with E-state index < -0.39 is 11.7 Å². The zero-order valence-corrected chi connectivity index (χ0v) is 17.2. The molecule has 7 aliphatic carbocycles. The minimum absolute atomic E-state index is 0.0105. The average molecular weight is 361 g/mol. The van der Waals surface area contributed by atoms with Crippen molar-refractivity contribution < 1.29 is 14.3 Å². The van der Waals surface area contributed by atoms with Gasteiger partial charge in [-0.15, -0.1) is 0 Å². The van der Waals surface area contributed by atoms with E-state index in [1.54, 1.807) is 0 Å². The van der Waals surface area contributed by atoms with Gasteiger partial charge in [0.1, 0.15) is 0 Å². The predicted molar refractivity (Wildman–Crippen MR) is 100 cm³/mol. The van der Waals surface area contributed by atoms with E-state index in [1.807, 2.05) is 27.7 Å². The molecule has 7 saturated carbocycles. The molecule has 8 bridgehead atoms. The summed E-state index contributed by atoms with van der Waals surface area (Å²) in [5, 5.41) is 0. The van der Waals surface area contributed by atoms with Crippen LogP contribution in [-0.4, -0.2) is 17.9 Å². The van der Waals surface area contributed by atoms with Crippen LogP contribution in [0.4, 0.5) is 0 Å². The van der Waals surface area contributed by atoms with E-state index in [0.717, 1.165) is 53.8 Å². The van der Waals surface area contributed by atoms with Crippen LogP contribution < -0.4 is 0 Å². The van der Waals surface area contributed by atoms with Crippen molar-refractivity contribution in [2.75, 3.05) is 0 Å². The third-order valence-corrected chi connectivity index (χ3v) is 9.64. The first kappa shape index (κ1) is 17.5. The Labute approximate surface area is 158 Å². The molecule has 0 aromatic heterocycles. The van der Waals surface area contributed by atoms with Crippen LogP contribution in [0.5, 0.6) is 0 Å². The summed E-state index contributed by atoms with van der Waals surface area (Å²) in [4.78, 5) is 12.5. The molecule has 7 fully saturated rings. The molecule has 0 aromatic carbocycles. The van der Waals surface area contributed by atoms with Gasteiger partial charge in [0.15, 0.2) is 0 Å². The molecule has 0 heterocycles. The second-order valence-electron chi connectivity index (χ2n) is 11.1. The van der Waals surface area contributed by atoms with Crippen molar-refractivity contribution in [3.63, 3.8) is 0 Å². The molecule has 7 aliphatic rings. The van der Waals surface area contributed by atoms with Gasteiger partial charge in [-0.25, -0.2) is 0 Å². The van der Waals surface area contributed by atoms with Crippen LogP contribution in [0.15, 0.2) is 0 Å². The lowest BCUT2D eigenvalue weighted by Crippen LogP contribution is -2.70. The monoisotopic (exact) mass is 360 g/mol. The van der Waals surface area contributed by atoms with E-state index in [9.17, 15) is 4.79 Å². The highest BCUT2D eigenvalue weighted by atomic mass is 16.7. The van der Waals surface area contributed by atoms with E-state index in [1.165, 1.54) is 32.1 Å². The van der Waals surface area contributed by atoms with E-state index in [2.05, 4.69) is 6.92 Å². The number of hydrogen-bond acceptors (Lipinski definition) is 3. The molecule has 0 amide bonds. The van der Waals surface area contributed by atoms with Crippen LogP contribution in [0.2, 0.25) is 0 Å². The summed E-state index contributed by atoms with van der Waals surface area (Å²) < 4.78 is 12.3. The van der Waals surface area contributed by atoms with Crippen molar-refractivity contribution in [2.45, 2.75) is 85.0 Å².